The van der Waals surface area contributed by atoms with Gasteiger partial charge in [-0.1, -0.05) is 0 Å². The molecule has 0 bridgehead atoms. The minimum Gasteiger partial charge on any atom is -0.490 e. The zero-order valence-corrected chi connectivity index (χ0v) is 11.9. The van der Waals surface area contributed by atoms with Crippen molar-refractivity contribution in [2.75, 3.05) is 7.11 Å². The molecule has 0 N–H and O–H groups in total. The molecule has 104 valence electrons. The van der Waals surface area contributed by atoms with E-state index in [1.165, 1.54) is 43.5 Å². The van der Waals surface area contributed by atoms with Gasteiger partial charge in [0, 0.05) is 18.2 Å². The molecule has 0 amide bonds. The van der Waals surface area contributed by atoms with Gasteiger partial charge in [0.25, 0.3) is 0 Å². The average molecular weight is 342 g/mol. The van der Waals surface area contributed by atoms with E-state index in [0.29, 0.717) is 10.2 Å². The lowest BCUT2D eigenvalue weighted by Gasteiger charge is -2.09. The zero-order chi connectivity index (χ0) is 14.7. The fourth-order valence-electron chi connectivity index (χ4n) is 1.55. The van der Waals surface area contributed by atoms with Gasteiger partial charge in [0.15, 0.2) is 0 Å². The van der Waals surface area contributed by atoms with Crippen LogP contribution in [0.15, 0.2) is 40.9 Å². The maximum Gasteiger partial charge on any atom is 0.311 e. The Bertz CT molecular complexity index is 663. The first kappa shape index (κ1) is 14.3. The minimum absolute atomic E-state index is 0.0695. The van der Waals surface area contributed by atoms with Gasteiger partial charge >= 0.3 is 5.69 Å². The van der Waals surface area contributed by atoms with Crippen molar-refractivity contribution in [2.45, 2.75) is 0 Å². The lowest BCUT2D eigenvalue weighted by Crippen LogP contribution is -1.94. The molecule has 0 aliphatic heterocycles. The molecule has 0 saturated carbocycles. The molecule has 0 heterocycles. The summed E-state index contributed by atoms with van der Waals surface area (Å²) in [6, 6.07) is 8.05. The van der Waals surface area contributed by atoms with E-state index < -0.39 is 10.7 Å². The topological polar surface area (TPSA) is 61.6 Å². The molecule has 7 heteroatoms. The number of nitro benzene ring substituents is 1. The lowest BCUT2D eigenvalue weighted by molar-refractivity contribution is -0.385. The van der Waals surface area contributed by atoms with Gasteiger partial charge in [-0.3, -0.25) is 10.1 Å². The molecule has 0 aromatic heterocycles. The largest absolute Gasteiger partial charge is 0.490 e. The van der Waals surface area contributed by atoms with Crippen LogP contribution < -0.4 is 9.47 Å². The van der Waals surface area contributed by atoms with Gasteiger partial charge in [-0.25, -0.2) is 4.39 Å². The summed E-state index contributed by atoms with van der Waals surface area (Å²) in [5, 5.41) is 10.8. The van der Waals surface area contributed by atoms with E-state index in [9.17, 15) is 14.5 Å². The summed E-state index contributed by atoms with van der Waals surface area (Å²) in [6.45, 7) is 0. The van der Waals surface area contributed by atoms with Gasteiger partial charge in [-0.2, -0.15) is 0 Å². The Balaban J connectivity index is 2.34. The minimum atomic E-state index is -0.555. The molecule has 0 spiro atoms. The third-order valence-corrected chi connectivity index (χ3v) is 3.12. The van der Waals surface area contributed by atoms with Gasteiger partial charge in [-0.15, -0.1) is 0 Å². The highest BCUT2D eigenvalue weighted by Crippen LogP contribution is 2.35. The average Bonchev–Trinajstić information content (AvgIpc) is 2.42. The summed E-state index contributed by atoms with van der Waals surface area (Å²) in [5.41, 5.74) is -0.168. The number of nitro groups is 1. The second-order valence-electron chi connectivity index (χ2n) is 3.77. The molecular formula is C13H9BrFNO4. The number of halogens is 2. The molecule has 0 fully saturated rings. The van der Waals surface area contributed by atoms with E-state index in [1.54, 1.807) is 0 Å². The third kappa shape index (κ3) is 3.05. The molecule has 0 saturated heterocycles. The Kier molecular flexibility index (Phi) is 4.19. The molecule has 5 nitrogen and oxygen atoms in total. The van der Waals surface area contributed by atoms with E-state index in [1.807, 2.05) is 0 Å². The van der Waals surface area contributed by atoms with Crippen molar-refractivity contribution < 1.29 is 18.8 Å². The molecule has 0 aliphatic carbocycles. The number of nitrogens with zero attached hydrogens (tertiary/aromatic N) is 1. The quantitative estimate of drug-likeness (QED) is 0.614. The standard InChI is InChI=1S/C13H9BrFNO4/c1-19-13-7-9(3-5-11(13)16(17)18)20-12-6-8(15)2-4-10(12)14/h2-7H,1H3. The van der Waals surface area contributed by atoms with Crippen molar-refractivity contribution >= 4 is 21.6 Å². The molecule has 20 heavy (non-hydrogen) atoms. The van der Waals surface area contributed by atoms with Crippen LogP contribution in [0.5, 0.6) is 17.2 Å². The Hall–Kier alpha value is -2.15. The van der Waals surface area contributed by atoms with Crippen molar-refractivity contribution in [3.8, 4) is 17.2 Å². The SMILES string of the molecule is COc1cc(Oc2cc(F)ccc2Br)ccc1[N+](=O)[O-]. The van der Waals surface area contributed by atoms with E-state index in [2.05, 4.69) is 15.9 Å². The summed E-state index contributed by atoms with van der Waals surface area (Å²) in [6.07, 6.45) is 0. The Morgan fingerprint density at radius 3 is 2.60 bits per heavy atom. The maximum atomic E-state index is 13.2. The monoisotopic (exact) mass is 341 g/mol. The van der Waals surface area contributed by atoms with Crippen LogP contribution in [-0.4, -0.2) is 12.0 Å². The van der Waals surface area contributed by atoms with Gasteiger partial charge in [0.1, 0.15) is 17.3 Å². The third-order valence-electron chi connectivity index (χ3n) is 2.47. The number of benzene rings is 2. The van der Waals surface area contributed by atoms with Crippen molar-refractivity contribution in [2.24, 2.45) is 0 Å². The van der Waals surface area contributed by atoms with Gasteiger partial charge in [-0.05, 0) is 34.1 Å². The highest BCUT2D eigenvalue weighted by atomic mass is 79.9. The smallest absolute Gasteiger partial charge is 0.311 e. The molecule has 2 aromatic rings. The summed E-state index contributed by atoms with van der Waals surface area (Å²) in [5.74, 6) is 0.191. The van der Waals surface area contributed by atoms with E-state index in [4.69, 9.17) is 9.47 Å². The summed E-state index contributed by atoms with van der Waals surface area (Å²) < 4.78 is 24.1. The normalized spacial score (nSPS) is 10.2. The van der Waals surface area contributed by atoms with Crippen molar-refractivity contribution in [3.05, 3.63) is 56.8 Å². The highest BCUT2D eigenvalue weighted by Gasteiger charge is 2.16. The number of rotatable bonds is 4. The summed E-state index contributed by atoms with van der Waals surface area (Å²) in [4.78, 5) is 10.2. The number of hydrogen-bond donors (Lipinski definition) is 0. The van der Waals surface area contributed by atoms with Crippen LogP contribution in [-0.2, 0) is 0 Å². The summed E-state index contributed by atoms with van der Waals surface area (Å²) in [7, 11) is 1.32. The van der Waals surface area contributed by atoms with Crippen LogP contribution in [0.4, 0.5) is 10.1 Å². The zero-order valence-electron chi connectivity index (χ0n) is 10.3. The summed E-state index contributed by atoms with van der Waals surface area (Å²) >= 11 is 3.23. The molecule has 2 aromatic carbocycles. The number of methoxy groups -OCH3 is 1. The number of ether oxygens (including phenoxy) is 2. The molecule has 0 unspecified atom stereocenters. The Morgan fingerprint density at radius 2 is 1.95 bits per heavy atom. The predicted octanol–water partition coefficient (Wildman–Crippen LogP) is 4.30. The van der Waals surface area contributed by atoms with Crippen LogP contribution in [0.1, 0.15) is 0 Å². The first-order valence-electron chi connectivity index (χ1n) is 5.46. The number of hydrogen-bond acceptors (Lipinski definition) is 4. The lowest BCUT2D eigenvalue weighted by atomic mass is 10.2. The second-order valence-corrected chi connectivity index (χ2v) is 4.62. The molecule has 2 rings (SSSR count). The van der Waals surface area contributed by atoms with Gasteiger partial charge in [0.2, 0.25) is 5.75 Å². The van der Waals surface area contributed by atoms with Crippen LogP contribution in [0.25, 0.3) is 0 Å². The van der Waals surface area contributed by atoms with Gasteiger partial charge < -0.3 is 9.47 Å². The molecule has 0 aliphatic rings. The van der Waals surface area contributed by atoms with Crippen LogP contribution >= 0.6 is 15.9 Å². The Labute approximate surface area is 122 Å². The van der Waals surface area contributed by atoms with Crippen LogP contribution in [0, 0.1) is 15.9 Å². The first-order chi connectivity index (χ1) is 9.51. The molecular weight excluding hydrogens is 333 g/mol. The van der Waals surface area contributed by atoms with Crippen molar-refractivity contribution in [1.82, 2.24) is 0 Å². The van der Waals surface area contributed by atoms with Crippen molar-refractivity contribution in [1.29, 1.82) is 0 Å². The maximum absolute atomic E-state index is 13.2. The molecule has 0 radical (unpaired) electrons. The van der Waals surface area contributed by atoms with Crippen LogP contribution in [0.2, 0.25) is 0 Å². The fourth-order valence-corrected chi connectivity index (χ4v) is 1.88. The fraction of sp³-hybridized carbons (Fsp3) is 0.0769. The van der Waals surface area contributed by atoms with Crippen LogP contribution in [0.3, 0.4) is 0 Å². The van der Waals surface area contributed by atoms with E-state index in [-0.39, 0.29) is 17.2 Å². The van der Waals surface area contributed by atoms with E-state index >= 15 is 0 Å². The highest BCUT2D eigenvalue weighted by molar-refractivity contribution is 9.10. The molecule has 0 atom stereocenters. The predicted molar refractivity (Wildman–Crippen MR) is 73.8 cm³/mol. The van der Waals surface area contributed by atoms with Gasteiger partial charge in [0.05, 0.1) is 16.5 Å². The van der Waals surface area contributed by atoms with E-state index in [0.717, 1.165) is 0 Å². The Morgan fingerprint density at radius 1 is 1.20 bits per heavy atom. The first-order valence-corrected chi connectivity index (χ1v) is 6.26. The second kappa shape index (κ2) is 5.87. The van der Waals surface area contributed by atoms with Crippen molar-refractivity contribution in [3.63, 3.8) is 0 Å².